The molecule has 0 aliphatic carbocycles. The highest BCUT2D eigenvalue weighted by atomic mass is 32.2. The number of methoxy groups -OCH3 is 1. The van der Waals surface area contributed by atoms with Crippen molar-refractivity contribution in [1.29, 1.82) is 0 Å². The predicted octanol–water partition coefficient (Wildman–Crippen LogP) is 3.73. The van der Waals surface area contributed by atoms with E-state index in [1.165, 1.54) is 24.8 Å². The number of hydrogen-bond acceptors (Lipinski definition) is 6. The Morgan fingerprint density at radius 2 is 1.87 bits per heavy atom. The van der Waals surface area contributed by atoms with Gasteiger partial charge in [0.1, 0.15) is 18.0 Å². The Balaban J connectivity index is 1.47. The Kier molecular flexibility index (Phi) is 6.33. The molecule has 9 heteroatoms. The van der Waals surface area contributed by atoms with Crippen molar-refractivity contribution in [2.75, 3.05) is 13.7 Å². The summed E-state index contributed by atoms with van der Waals surface area (Å²) < 4.78 is 52.0. The van der Waals surface area contributed by atoms with Crippen LogP contribution in [0.1, 0.15) is 36.2 Å². The van der Waals surface area contributed by atoms with Crippen molar-refractivity contribution in [3.63, 3.8) is 0 Å². The largest absolute Gasteiger partial charge is 0.497 e. The van der Waals surface area contributed by atoms with Crippen molar-refractivity contribution in [3.8, 4) is 5.75 Å². The van der Waals surface area contributed by atoms with E-state index in [-0.39, 0.29) is 23.8 Å². The van der Waals surface area contributed by atoms with Crippen molar-refractivity contribution in [2.24, 2.45) is 0 Å². The number of aromatic nitrogens is 2. The number of ether oxygens (including phenoxy) is 1. The van der Waals surface area contributed by atoms with Crippen LogP contribution in [0.5, 0.6) is 5.75 Å². The fraction of sp³-hybridized carbons (Fsp3) is 0.364. The zero-order chi connectivity index (χ0) is 21.8. The molecule has 0 spiro atoms. The van der Waals surface area contributed by atoms with E-state index in [4.69, 9.17) is 9.26 Å². The van der Waals surface area contributed by atoms with Gasteiger partial charge in [0.2, 0.25) is 15.9 Å². The number of aryl methyl sites for hydroxylation is 2. The van der Waals surface area contributed by atoms with Crippen LogP contribution in [0.2, 0.25) is 0 Å². The zero-order valence-corrected chi connectivity index (χ0v) is 18.0. The van der Waals surface area contributed by atoms with Crippen molar-refractivity contribution < 1.29 is 22.1 Å². The second-order valence-corrected chi connectivity index (χ2v) is 9.38. The molecule has 31 heavy (non-hydrogen) atoms. The van der Waals surface area contributed by atoms with Crippen LogP contribution in [0.25, 0.3) is 0 Å². The first-order valence-electron chi connectivity index (χ1n) is 10.1. The highest BCUT2D eigenvalue weighted by Crippen LogP contribution is 2.37. The number of hydrogen-bond donors (Lipinski definition) is 0. The second-order valence-electron chi connectivity index (χ2n) is 7.49. The van der Waals surface area contributed by atoms with Crippen molar-refractivity contribution in [3.05, 3.63) is 71.9 Å². The van der Waals surface area contributed by atoms with Crippen LogP contribution in [0, 0.1) is 0 Å². The summed E-state index contributed by atoms with van der Waals surface area (Å²) in [5.74, 6) is 1.17. The summed E-state index contributed by atoms with van der Waals surface area (Å²) in [4.78, 5) is 4.44. The summed E-state index contributed by atoms with van der Waals surface area (Å²) in [6.07, 6.45) is 0.981. The Labute approximate surface area is 180 Å². The van der Waals surface area contributed by atoms with Crippen LogP contribution >= 0.6 is 0 Å². The number of nitrogens with zero attached hydrogens (tertiary/aromatic N) is 3. The molecule has 164 valence electrons. The monoisotopic (exact) mass is 445 g/mol. The lowest BCUT2D eigenvalue weighted by molar-refractivity contribution is 0.289. The molecule has 7 nitrogen and oxygen atoms in total. The first-order valence-corrected chi connectivity index (χ1v) is 11.6. The van der Waals surface area contributed by atoms with E-state index in [2.05, 4.69) is 22.3 Å². The Hall–Kier alpha value is -2.78. The number of sulfonamides is 1. The van der Waals surface area contributed by atoms with Crippen molar-refractivity contribution in [2.45, 2.75) is 42.8 Å². The first-order chi connectivity index (χ1) is 15.0. The fourth-order valence-corrected chi connectivity index (χ4v) is 5.35. The third kappa shape index (κ3) is 4.77. The maximum atomic E-state index is 14.3. The van der Waals surface area contributed by atoms with Gasteiger partial charge in [-0.15, -0.1) is 0 Å². The standard InChI is InChI=1S/C22H24FN3O4S/c1-29-18-10-12-19(13-11-18)31(27,28)26-15-17(23)14-20(26)22-24-21(25-30-22)9-5-8-16-6-3-2-4-7-16/h2-4,6-7,10-13,17,20H,5,8-9,14-15H2,1H3/t17-,20+/m1/s1. The summed E-state index contributed by atoms with van der Waals surface area (Å²) in [5.41, 5.74) is 1.22. The van der Waals surface area contributed by atoms with Crippen LogP contribution in [-0.4, -0.2) is 42.7 Å². The van der Waals surface area contributed by atoms with Crippen LogP contribution in [0.4, 0.5) is 4.39 Å². The van der Waals surface area contributed by atoms with E-state index in [9.17, 15) is 12.8 Å². The SMILES string of the molecule is COc1ccc(S(=O)(=O)N2C[C@H](F)C[C@H]2c2nc(CCCc3ccccc3)no2)cc1. The average molecular weight is 446 g/mol. The molecule has 1 aliphatic heterocycles. The molecule has 0 bridgehead atoms. The molecule has 2 heterocycles. The summed E-state index contributed by atoms with van der Waals surface area (Å²) in [6.45, 7) is -0.245. The molecule has 1 saturated heterocycles. The van der Waals surface area contributed by atoms with Gasteiger partial charge in [0.15, 0.2) is 5.82 Å². The van der Waals surface area contributed by atoms with E-state index in [1.54, 1.807) is 12.1 Å². The van der Waals surface area contributed by atoms with Crippen LogP contribution in [0.3, 0.4) is 0 Å². The van der Waals surface area contributed by atoms with E-state index in [1.807, 2.05) is 18.2 Å². The van der Waals surface area contributed by atoms with Crippen molar-refractivity contribution >= 4 is 10.0 Å². The minimum Gasteiger partial charge on any atom is -0.497 e. The molecule has 0 amide bonds. The lowest BCUT2D eigenvalue weighted by Gasteiger charge is -2.21. The highest BCUT2D eigenvalue weighted by Gasteiger charge is 2.44. The highest BCUT2D eigenvalue weighted by molar-refractivity contribution is 7.89. The molecular weight excluding hydrogens is 421 g/mol. The van der Waals surface area contributed by atoms with Gasteiger partial charge in [0.25, 0.3) is 0 Å². The van der Waals surface area contributed by atoms with Gasteiger partial charge in [-0.1, -0.05) is 35.5 Å². The molecule has 1 fully saturated rings. The smallest absolute Gasteiger partial charge is 0.245 e. The molecule has 0 radical (unpaired) electrons. The minimum atomic E-state index is -3.93. The zero-order valence-electron chi connectivity index (χ0n) is 17.1. The summed E-state index contributed by atoms with van der Waals surface area (Å²) >= 11 is 0. The summed E-state index contributed by atoms with van der Waals surface area (Å²) in [5, 5.41) is 3.98. The van der Waals surface area contributed by atoms with E-state index in [0.717, 1.165) is 17.1 Å². The molecular formula is C22H24FN3O4S. The quantitative estimate of drug-likeness (QED) is 0.525. The summed E-state index contributed by atoms with van der Waals surface area (Å²) in [7, 11) is -2.43. The van der Waals surface area contributed by atoms with Gasteiger partial charge in [-0.3, -0.25) is 0 Å². The summed E-state index contributed by atoms with van der Waals surface area (Å²) in [6, 6.07) is 15.3. The van der Waals surface area contributed by atoms with Crippen LogP contribution in [-0.2, 0) is 22.9 Å². The average Bonchev–Trinajstić information content (AvgIpc) is 3.41. The van der Waals surface area contributed by atoms with Gasteiger partial charge in [0.05, 0.1) is 12.0 Å². The Morgan fingerprint density at radius 3 is 2.58 bits per heavy atom. The Bertz CT molecular complexity index is 1100. The van der Waals surface area contributed by atoms with Gasteiger partial charge in [-0.2, -0.15) is 9.29 Å². The molecule has 2 atom stereocenters. The maximum absolute atomic E-state index is 14.3. The molecule has 1 aromatic heterocycles. The van der Waals surface area contributed by atoms with E-state index < -0.39 is 22.2 Å². The Morgan fingerprint density at radius 1 is 1.13 bits per heavy atom. The third-order valence-electron chi connectivity index (χ3n) is 5.35. The lowest BCUT2D eigenvalue weighted by Crippen LogP contribution is -2.31. The first kappa shape index (κ1) is 21.5. The number of alkyl halides is 1. The fourth-order valence-electron chi connectivity index (χ4n) is 3.73. The minimum absolute atomic E-state index is 0.0129. The molecule has 1 aliphatic rings. The van der Waals surface area contributed by atoms with Gasteiger partial charge in [-0.05, 0) is 42.7 Å². The predicted molar refractivity (Wildman–Crippen MR) is 112 cm³/mol. The molecule has 2 aromatic carbocycles. The second kappa shape index (κ2) is 9.15. The number of benzene rings is 2. The maximum Gasteiger partial charge on any atom is 0.245 e. The van der Waals surface area contributed by atoms with Gasteiger partial charge >= 0.3 is 0 Å². The van der Waals surface area contributed by atoms with Crippen LogP contribution in [0.15, 0.2) is 64.0 Å². The molecule has 0 N–H and O–H groups in total. The normalized spacial score (nSPS) is 19.5. The van der Waals surface area contributed by atoms with E-state index >= 15 is 0 Å². The lowest BCUT2D eigenvalue weighted by atomic mass is 10.1. The molecule has 0 unspecified atom stereocenters. The molecule has 4 rings (SSSR count). The van der Waals surface area contributed by atoms with Gasteiger partial charge in [-0.25, -0.2) is 12.8 Å². The topological polar surface area (TPSA) is 85.5 Å². The number of rotatable bonds is 8. The van der Waals surface area contributed by atoms with Crippen LogP contribution < -0.4 is 4.74 Å². The van der Waals surface area contributed by atoms with Crippen molar-refractivity contribution in [1.82, 2.24) is 14.4 Å². The number of halogens is 1. The third-order valence-corrected chi connectivity index (χ3v) is 7.24. The van der Waals surface area contributed by atoms with E-state index in [0.29, 0.717) is 18.0 Å². The molecule has 0 saturated carbocycles. The molecule has 3 aromatic rings. The van der Waals surface area contributed by atoms with Gasteiger partial charge in [0, 0.05) is 19.4 Å². The van der Waals surface area contributed by atoms with Gasteiger partial charge < -0.3 is 9.26 Å².